The van der Waals surface area contributed by atoms with E-state index in [0.717, 1.165) is 53.8 Å². The second kappa shape index (κ2) is 17.1. The topological polar surface area (TPSA) is 44.9 Å². The van der Waals surface area contributed by atoms with Crippen LogP contribution in [0.4, 0.5) is 0 Å². The number of hydrogen-bond donors (Lipinski definition) is 0. The molecule has 8 rings (SSSR count). The molecule has 2 heterocycles. The van der Waals surface area contributed by atoms with Gasteiger partial charge in [0, 0.05) is 31.8 Å². The minimum absolute atomic E-state index is 0. The summed E-state index contributed by atoms with van der Waals surface area (Å²) in [6.45, 7) is 18.0. The molecule has 0 saturated heterocycles. The summed E-state index contributed by atoms with van der Waals surface area (Å²) in [6.07, 6.45) is 0. The van der Waals surface area contributed by atoms with Gasteiger partial charge >= 0.3 is 21.1 Å². The van der Waals surface area contributed by atoms with Gasteiger partial charge in [-0.1, -0.05) is 124 Å². The fourth-order valence-electron chi connectivity index (χ4n) is 7.82. The van der Waals surface area contributed by atoms with Gasteiger partial charge in [0.2, 0.25) is 0 Å². The van der Waals surface area contributed by atoms with Crippen molar-refractivity contribution >= 4 is 53.9 Å². The number of para-hydroxylation sites is 4. The molecule has 0 N–H and O–H groups in total. The molecule has 0 fully saturated rings. The van der Waals surface area contributed by atoms with E-state index >= 15 is 0 Å². The molecule has 8 heteroatoms. The Kier molecular flexibility index (Phi) is 12.4. The molecule has 0 atom stereocenters. The van der Waals surface area contributed by atoms with E-state index in [9.17, 15) is 0 Å². The average molecular weight is 1070 g/mol. The van der Waals surface area contributed by atoms with Crippen LogP contribution in [0.3, 0.4) is 0 Å². The molecule has 0 aliphatic heterocycles. The van der Waals surface area contributed by atoms with Crippen molar-refractivity contribution < 1.29 is 25.8 Å². The molecule has 58 heavy (non-hydrogen) atoms. The third kappa shape index (κ3) is 7.90. The van der Waals surface area contributed by atoms with Gasteiger partial charge in [0.05, 0.1) is 33.7 Å². The van der Waals surface area contributed by atoms with Crippen LogP contribution in [0.1, 0.15) is 101 Å². The molecule has 8 aromatic rings. The van der Waals surface area contributed by atoms with E-state index in [1.165, 1.54) is 33.6 Å². The van der Waals surface area contributed by atoms with Crippen molar-refractivity contribution in [2.45, 2.75) is 79.1 Å². The number of benzene rings is 6. The summed E-state index contributed by atoms with van der Waals surface area (Å²) >= 11 is 7.62. The van der Waals surface area contributed by atoms with Crippen molar-refractivity contribution in [2.24, 2.45) is 0 Å². The van der Waals surface area contributed by atoms with Gasteiger partial charge < -0.3 is 13.9 Å². The quantitative estimate of drug-likeness (QED) is 0.128. The molecule has 2 aromatic heterocycles. The summed E-state index contributed by atoms with van der Waals surface area (Å²) in [4.78, 5) is 10.5. The van der Waals surface area contributed by atoms with E-state index in [1.807, 2.05) is 36.4 Å². The number of ether oxygens (including phenoxy) is 1. The van der Waals surface area contributed by atoms with Gasteiger partial charge in [0.25, 0.3) is 0 Å². The van der Waals surface area contributed by atoms with Crippen molar-refractivity contribution in [3.63, 3.8) is 0 Å². The maximum atomic E-state index is 6.62. The predicted octanol–water partition coefficient (Wildman–Crippen LogP) is 15.1. The molecule has 6 aromatic carbocycles. The van der Waals surface area contributed by atoms with Gasteiger partial charge in [-0.05, 0) is 94.5 Å². The van der Waals surface area contributed by atoms with Crippen LogP contribution >= 0.6 is 31.9 Å². The molecular formula is C50H46Br2N4OPt. The Hall–Kier alpha value is -4.29. The molecule has 0 spiro atoms. The largest absolute Gasteiger partial charge is 2.00 e. The molecule has 296 valence electrons. The Morgan fingerprint density at radius 3 is 1.17 bits per heavy atom. The third-order valence-corrected chi connectivity index (χ3v) is 11.5. The standard InChI is InChI=1S/C50H46Br2N4O.Pt/c1-29(2)39-25-35(51)26-40(30(3)4)47(39)55-45-21-11-9-19-43(45)53-49(55)33-15-13-17-37(23-33)57-38-18-14-16-34(24-38)50-54-44-20-10-12-22-46(44)56(50)48-41(31(5)6)27-36(52)28-42(48)32(7)8;/h9-22,25-32H,1-8H3;/q-2;+2. The molecule has 0 bridgehead atoms. The molecule has 0 unspecified atom stereocenters. The van der Waals surface area contributed by atoms with Gasteiger partial charge in [-0.2, -0.15) is 0 Å². The Bertz CT molecular complexity index is 2530. The number of hydrogen-bond acceptors (Lipinski definition) is 3. The molecule has 0 aliphatic carbocycles. The smallest absolute Gasteiger partial charge is 0.497 e. The monoisotopic (exact) mass is 1070 g/mol. The molecule has 0 radical (unpaired) electrons. The van der Waals surface area contributed by atoms with E-state index in [2.05, 4.69) is 181 Å². The van der Waals surface area contributed by atoms with Crippen LogP contribution < -0.4 is 4.74 Å². The van der Waals surface area contributed by atoms with Crippen molar-refractivity contribution in [1.82, 2.24) is 19.1 Å². The number of nitrogens with zero attached hydrogens (tertiary/aromatic N) is 4. The first-order valence-corrected chi connectivity index (χ1v) is 21.3. The van der Waals surface area contributed by atoms with Crippen LogP contribution in [0, 0.1) is 12.1 Å². The van der Waals surface area contributed by atoms with Crippen LogP contribution in [-0.2, 0) is 21.1 Å². The van der Waals surface area contributed by atoms with Gasteiger partial charge in [-0.15, -0.1) is 47.5 Å². The van der Waals surface area contributed by atoms with Gasteiger partial charge in [0.1, 0.15) is 0 Å². The van der Waals surface area contributed by atoms with E-state index in [4.69, 9.17) is 14.7 Å². The first kappa shape index (κ1) is 41.9. The minimum atomic E-state index is 0. The zero-order valence-corrected chi connectivity index (χ0v) is 39.4. The fourth-order valence-corrected chi connectivity index (χ4v) is 8.81. The molecule has 5 nitrogen and oxygen atoms in total. The molecule has 0 saturated carbocycles. The zero-order valence-electron chi connectivity index (χ0n) is 34.0. The van der Waals surface area contributed by atoms with Gasteiger partial charge in [-0.25, -0.2) is 0 Å². The minimum Gasteiger partial charge on any atom is -0.497 e. The molecular weight excluding hydrogens is 1030 g/mol. The SMILES string of the molecule is CC(C)c1cc(Br)cc(C(C)C)c1-n1c(-c2[c-]c(Oc3[c-]c(-c4nc5ccccc5n4-c4c(C(C)C)cc(Br)cc4C(C)C)ccc3)ccc2)nc2ccccc21.[Pt+2]. The van der Waals surface area contributed by atoms with E-state index in [0.29, 0.717) is 11.5 Å². The number of fused-ring (bicyclic) bond motifs is 2. The van der Waals surface area contributed by atoms with Crippen LogP contribution in [0.25, 0.3) is 56.2 Å². The van der Waals surface area contributed by atoms with Crippen LogP contribution in [-0.4, -0.2) is 19.1 Å². The van der Waals surface area contributed by atoms with E-state index < -0.39 is 0 Å². The first-order valence-electron chi connectivity index (χ1n) is 19.7. The Labute approximate surface area is 373 Å². The zero-order chi connectivity index (χ0) is 40.1. The summed E-state index contributed by atoms with van der Waals surface area (Å²) in [7, 11) is 0. The summed E-state index contributed by atoms with van der Waals surface area (Å²) in [5.74, 6) is 3.94. The van der Waals surface area contributed by atoms with Crippen LogP contribution in [0.2, 0.25) is 0 Å². The number of aromatic nitrogens is 4. The Morgan fingerprint density at radius 1 is 0.483 bits per heavy atom. The molecule has 0 aliphatic rings. The normalized spacial score (nSPS) is 11.8. The van der Waals surface area contributed by atoms with Gasteiger partial charge in [-0.3, -0.25) is 9.97 Å². The van der Waals surface area contributed by atoms with Crippen LogP contribution in [0.5, 0.6) is 11.5 Å². The van der Waals surface area contributed by atoms with Crippen molar-refractivity contribution in [1.29, 1.82) is 0 Å². The number of imidazole rings is 2. The number of halogens is 2. The van der Waals surface area contributed by atoms with E-state index in [-0.39, 0.29) is 44.7 Å². The maximum Gasteiger partial charge on any atom is 2.00 e. The summed E-state index contributed by atoms with van der Waals surface area (Å²) in [5.41, 5.74) is 13.0. The van der Waals surface area contributed by atoms with Crippen molar-refractivity contribution in [2.75, 3.05) is 0 Å². The van der Waals surface area contributed by atoms with Crippen LogP contribution in [0.15, 0.2) is 118 Å². The van der Waals surface area contributed by atoms with Crippen molar-refractivity contribution in [3.8, 4) is 45.6 Å². The average Bonchev–Trinajstić information content (AvgIpc) is 3.76. The Morgan fingerprint density at radius 2 is 0.828 bits per heavy atom. The molecule has 0 amide bonds. The summed E-state index contributed by atoms with van der Waals surface area (Å²) in [5, 5.41) is 0. The van der Waals surface area contributed by atoms with E-state index in [1.54, 1.807) is 0 Å². The summed E-state index contributed by atoms with van der Waals surface area (Å²) in [6, 6.07) is 44.9. The number of rotatable bonds is 10. The fraction of sp³-hybridized carbons (Fsp3) is 0.240. The maximum absolute atomic E-state index is 6.62. The second-order valence-corrected chi connectivity index (χ2v) is 17.8. The second-order valence-electron chi connectivity index (χ2n) is 16.0. The van der Waals surface area contributed by atoms with Crippen molar-refractivity contribution in [3.05, 3.63) is 153 Å². The first-order chi connectivity index (χ1) is 27.4. The predicted molar refractivity (Wildman–Crippen MR) is 243 cm³/mol. The Balaban J connectivity index is 0.00000512. The third-order valence-electron chi connectivity index (χ3n) is 10.6. The summed E-state index contributed by atoms with van der Waals surface area (Å²) < 4.78 is 13.4. The van der Waals surface area contributed by atoms with Gasteiger partial charge in [0.15, 0.2) is 0 Å².